The summed E-state index contributed by atoms with van der Waals surface area (Å²) < 4.78 is 19.6. The first-order chi connectivity index (χ1) is 7.70. The zero-order valence-corrected chi connectivity index (χ0v) is 10.3. The van der Waals surface area contributed by atoms with Crippen LogP contribution in [0.4, 0.5) is 4.39 Å². The molecule has 1 aromatic rings. The third-order valence-corrected chi connectivity index (χ3v) is 2.87. The summed E-state index contributed by atoms with van der Waals surface area (Å²) in [5.41, 5.74) is 6.11. The van der Waals surface area contributed by atoms with Gasteiger partial charge in [-0.2, -0.15) is 0 Å². The molecule has 16 heavy (non-hydrogen) atoms. The normalized spacial score (nSPS) is 15.7. The number of ether oxygens (including phenoxy) is 1. The van der Waals surface area contributed by atoms with Crippen LogP contribution in [0.2, 0.25) is 0 Å². The van der Waals surface area contributed by atoms with Crippen LogP contribution in [0, 0.1) is 5.82 Å². The lowest BCUT2D eigenvalue weighted by molar-refractivity contribution is 0.300. The number of nitrogens with two attached hydrogens (primary N) is 1. The molecule has 0 spiro atoms. The first kappa shape index (κ1) is 11.6. The van der Waals surface area contributed by atoms with Crippen molar-refractivity contribution in [1.29, 1.82) is 0 Å². The van der Waals surface area contributed by atoms with Crippen LogP contribution in [0.5, 0.6) is 5.75 Å². The Hall–Kier alpha value is -0.870. The molecular weight excluding hydrogens is 273 g/mol. The van der Waals surface area contributed by atoms with Crippen LogP contribution < -0.4 is 10.5 Å². The van der Waals surface area contributed by atoms with E-state index in [2.05, 4.69) is 15.9 Å². The predicted molar refractivity (Wildman–Crippen MR) is 65.8 cm³/mol. The molecule has 0 saturated heterocycles. The molecule has 1 aromatic carbocycles. The Morgan fingerprint density at radius 2 is 2.25 bits per heavy atom. The highest BCUT2D eigenvalue weighted by Crippen LogP contribution is 2.36. The molecule has 0 heterocycles. The highest BCUT2D eigenvalue weighted by molar-refractivity contribution is 9.10. The summed E-state index contributed by atoms with van der Waals surface area (Å²) in [7, 11) is 0. The molecule has 4 heteroatoms. The third-order valence-electron chi connectivity index (χ3n) is 2.28. The lowest BCUT2D eigenvalue weighted by Crippen LogP contribution is -2.00. The van der Waals surface area contributed by atoms with E-state index in [4.69, 9.17) is 10.5 Å². The smallest absolute Gasteiger partial charge is 0.141 e. The summed E-state index contributed by atoms with van der Waals surface area (Å²) >= 11 is 3.32. The van der Waals surface area contributed by atoms with Crippen LogP contribution in [0.1, 0.15) is 18.4 Å². The molecule has 0 aliphatic heterocycles. The Kier molecular flexibility index (Phi) is 3.61. The fourth-order valence-corrected chi connectivity index (χ4v) is 1.92. The van der Waals surface area contributed by atoms with Gasteiger partial charge in [-0.25, -0.2) is 4.39 Å². The number of halogens is 2. The first-order valence-electron chi connectivity index (χ1n) is 5.23. The van der Waals surface area contributed by atoms with Gasteiger partial charge in [-0.05, 0) is 40.9 Å². The second-order valence-corrected chi connectivity index (χ2v) is 4.62. The Morgan fingerprint density at radius 1 is 1.50 bits per heavy atom. The van der Waals surface area contributed by atoms with Crippen LogP contribution in [0.25, 0.3) is 6.08 Å². The van der Waals surface area contributed by atoms with Gasteiger partial charge in [-0.3, -0.25) is 0 Å². The summed E-state index contributed by atoms with van der Waals surface area (Å²) in [4.78, 5) is 0. The SMILES string of the molecule is NC/C=C/c1cc(F)cc(Br)c1OC1CC1. The maximum atomic E-state index is 13.2. The molecule has 1 fully saturated rings. The molecule has 2 rings (SSSR count). The van der Waals surface area contributed by atoms with E-state index in [1.54, 1.807) is 12.2 Å². The summed E-state index contributed by atoms with van der Waals surface area (Å²) in [5.74, 6) is 0.417. The van der Waals surface area contributed by atoms with E-state index in [0.29, 0.717) is 16.8 Å². The fourth-order valence-electron chi connectivity index (χ4n) is 1.38. The average molecular weight is 286 g/mol. The van der Waals surface area contributed by atoms with E-state index < -0.39 is 0 Å². The maximum Gasteiger partial charge on any atom is 0.141 e. The van der Waals surface area contributed by atoms with Gasteiger partial charge in [-0.1, -0.05) is 12.2 Å². The van der Waals surface area contributed by atoms with Crippen molar-refractivity contribution in [2.45, 2.75) is 18.9 Å². The molecule has 1 aliphatic rings. The van der Waals surface area contributed by atoms with Gasteiger partial charge in [0.2, 0.25) is 0 Å². The molecular formula is C12H13BrFNO. The summed E-state index contributed by atoms with van der Waals surface area (Å²) in [6, 6.07) is 2.87. The van der Waals surface area contributed by atoms with E-state index in [1.165, 1.54) is 12.1 Å². The van der Waals surface area contributed by atoms with E-state index in [9.17, 15) is 4.39 Å². The van der Waals surface area contributed by atoms with Crippen LogP contribution in [0.15, 0.2) is 22.7 Å². The quantitative estimate of drug-likeness (QED) is 0.923. The van der Waals surface area contributed by atoms with Gasteiger partial charge in [0.05, 0.1) is 10.6 Å². The van der Waals surface area contributed by atoms with Crippen LogP contribution >= 0.6 is 15.9 Å². The topological polar surface area (TPSA) is 35.2 Å². The van der Waals surface area contributed by atoms with Gasteiger partial charge in [0.15, 0.2) is 0 Å². The van der Waals surface area contributed by atoms with E-state index in [-0.39, 0.29) is 11.9 Å². The third kappa shape index (κ3) is 2.83. The van der Waals surface area contributed by atoms with Crippen LogP contribution in [0.3, 0.4) is 0 Å². The van der Waals surface area contributed by atoms with Crippen molar-refractivity contribution in [3.05, 3.63) is 34.1 Å². The van der Waals surface area contributed by atoms with Crippen molar-refractivity contribution in [1.82, 2.24) is 0 Å². The van der Waals surface area contributed by atoms with E-state index in [1.807, 2.05) is 0 Å². The number of hydrogen-bond donors (Lipinski definition) is 1. The Morgan fingerprint density at radius 3 is 2.88 bits per heavy atom. The molecule has 86 valence electrons. The Labute approximate surface area is 102 Å². The van der Waals surface area contributed by atoms with Gasteiger partial charge >= 0.3 is 0 Å². The molecule has 0 aromatic heterocycles. The largest absolute Gasteiger partial charge is 0.489 e. The zero-order chi connectivity index (χ0) is 11.5. The summed E-state index contributed by atoms with van der Waals surface area (Å²) in [6.07, 6.45) is 5.99. The first-order valence-corrected chi connectivity index (χ1v) is 6.02. The van der Waals surface area contributed by atoms with Crippen molar-refractivity contribution in [3.63, 3.8) is 0 Å². The Balaban J connectivity index is 2.32. The highest BCUT2D eigenvalue weighted by atomic mass is 79.9. The average Bonchev–Trinajstić information content (AvgIpc) is 3.03. The van der Waals surface area contributed by atoms with E-state index in [0.717, 1.165) is 18.4 Å². The molecule has 0 radical (unpaired) electrons. The second kappa shape index (κ2) is 4.97. The minimum absolute atomic E-state index is 0.284. The van der Waals surface area contributed by atoms with Gasteiger partial charge in [-0.15, -0.1) is 0 Å². The number of benzene rings is 1. The monoisotopic (exact) mass is 285 g/mol. The Bertz CT molecular complexity index is 416. The molecule has 0 bridgehead atoms. The minimum atomic E-state index is -0.285. The van der Waals surface area contributed by atoms with Crippen molar-refractivity contribution in [2.75, 3.05) is 6.54 Å². The van der Waals surface area contributed by atoms with Gasteiger partial charge < -0.3 is 10.5 Å². The molecule has 1 saturated carbocycles. The predicted octanol–water partition coefficient (Wildman–Crippen LogP) is 3.10. The van der Waals surface area contributed by atoms with Crippen molar-refractivity contribution in [3.8, 4) is 5.75 Å². The zero-order valence-electron chi connectivity index (χ0n) is 8.75. The molecule has 2 N–H and O–H groups in total. The van der Waals surface area contributed by atoms with Crippen molar-refractivity contribution < 1.29 is 9.13 Å². The molecule has 0 amide bonds. The second-order valence-electron chi connectivity index (χ2n) is 3.76. The molecule has 2 nitrogen and oxygen atoms in total. The van der Waals surface area contributed by atoms with Gasteiger partial charge in [0.25, 0.3) is 0 Å². The lowest BCUT2D eigenvalue weighted by Gasteiger charge is -2.10. The number of hydrogen-bond acceptors (Lipinski definition) is 2. The molecule has 1 aliphatic carbocycles. The van der Waals surface area contributed by atoms with Crippen LogP contribution in [-0.4, -0.2) is 12.6 Å². The molecule has 0 atom stereocenters. The minimum Gasteiger partial charge on any atom is -0.489 e. The van der Waals surface area contributed by atoms with Gasteiger partial charge in [0, 0.05) is 12.1 Å². The van der Waals surface area contributed by atoms with Gasteiger partial charge in [0.1, 0.15) is 11.6 Å². The standard InChI is InChI=1S/C12H13BrFNO/c13-11-7-9(14)6-8(2-1-5-15)12(11)16-10-3-4-10/h1-2,6-7,10H,3-5,15H2/b2-1+. The highest BCUT2D eigenvalue weighted by Gasteiger charge is 2.25. The summed E-state index contributed by atoms with van der Waals surface area (Å²) in [5, 5.41) is 0. The van der Waals surface area contributed by atoms with Crippen molar-refractivity contribution >= 4 is 22.0 Å². The molecule has 0 unspecified atom stereocenters. The van der Waals surface area contributed by atoms with Crippen LogP contribution in [-0.2, 0) is 0 Å². The lowest BCUT2D eigenvalue weighted by atomic mass is 10.2. The summed E-state index contributed by atoms with van der Waals surface area (Å²) in [6.45, 7) is 0.428. The fraction of sp³-hybridized carbons (Fsp3) is 0.333. The van der Waals surface area contributed by atoms with Crippen molar-refractivity contribution in [2.24, 2.45) is 5.73 Å². The number of rotatable bonds is 4. The van der Waals surface area contributed by atoms with E-state index >= 15 is 0 Å². The maximum absolute atomic E-state index is 13.2.